The summed E-state index contributed by atoms with van der Waals surface area (Å²) in [6.07, 6.45) is 9.66. The maximum atomic E-state index is 13.5. The summed E-state index contributed by atoms with van der Waals surface area (Å²) in [4.78, 5) is 17.8. The summed E-state index contributed by atoms with van der Waals surface area (Å²) >= 11 is 0. The van der Waals surface area contributed by atoms with E-state index in [1.807, 2.05) is 24.1 Å². The summed E-state index contributed by atoms with van der Waals surface area (Å²) < 4.78 is 11.4. The first kappa shape index (κ1) is 27.1. The van der Waals surface area contributed by atoms with E-state index in [1.165, 1.54) is 29.5 Å². The monoisotopic (exact) mass is 556 g/mol. The van der Waals surface area contributed by atoms with Crippen LogP contribution in [0.1, 0.15) is 56.2 Å². The molecule has 2 N–H and O–H groups in total. The molecule has 0 radical (unpaired) electrons. The fraction of sp³-hybridized carbons (Fsp3) is 0.559. The van der Waals surface area contributed by atoms with E-state index in [0.717, 1.165) is 43.9 Å². The van der Waals surface area contributed by atoms with Gasteiger partial charge in [0.25, 0.3) is 0 Å². The lowest BCUT2D eigenvalue weighted by atomic mass is 9.73. The molecule has 0 aromatic heterocycles. The highest BCUT2D eigenvalue weighted by Gasteiger charge is 2.68. The van der Waals surface area contributed by atoms with Gasteiger partial charge in [-0.15, -0.1) is 0 Å². The normalized spacial score (nSPS) is 36.6. The van der Waals surface area contributed by atoms with E-state index in [9.17, 15) is 4.79 Å². The summed E-state index contributed by atoms with van der Waals surface area (Å²) in [7, 11) is 3.62. The van der Waals surface area contributed by atoms with Crippen LogP contribution in [0.15, 0.2) is 48.5 Å². The molecule has 8 atom stereocenters. The molecule has 218 valence electrons. The minimum absolute atomic E-state index is 0.270. The molecule has 2 saturated carbocycles. The molecule has 0 bridgehead atoms. The van der Waals surface area contributed by atoms with Crippen LogP contribution in [0.4, 0.5) is 5.69 Å². The third-order valence-corrected chi connectivity index (χ3v) is 10.5. The SMILES string of the molecule is COc1ccc2c(c1)[C@]1(C[C@H]1C1CCC3C(/C=C/c4ccc(CN5C[C@@H](C)O[C@@H](C)C5)cc4)NNC3C1)C(=O)N2C. The summed E-state index contributed by atoms with van der Waals surface area (Å²) in [5.41, 5.74) is 11.7. The van der Waals surface area contributed by atoms with Crippen molar-refractivity contribution in [2.24, 2.45) is 17.8 Å². The molecule has 2 aromatic rings. The Morgan fingerprint density at radius 1 is 1.07 bits per heavy atom. The third kappa shape index (κ3) is 4.81. The molecule has 1 amide bonds. The number of likely N-dealkylation sites (N-methyl/N-ethyl adjacent to an activating group) is 1. The molecule has 7 rings (SSSR count). The van der Waals surface area contributed by atoms with Gasteiger partial charge >= 0.3 is 0 Å². The van der Waals surface area contributed by atoms with Crippen LogP contribution in [0.3, 0.4) is 0 Å². The third-order valence-electron chi connectivity index (χ3n) is 10.5. The van der Waals surface area contributed by atoms with Gasteiger partial charge in [-0.3, -0.25) is 20.5 Å². The number of fused-ring (bicyclic) bond motifs is 3. The van der Waals surface area contributed by atoms with Crippen molar-refractivity contribution in [3.8, 4) is 5.75 Å². The number of hydrogen-bond donors (Lipinski definition) is 2. The molecular weight excluding hydrogens is 512 g/mol. The number of hydrogen-bond acceptors (Lipinski definition) is 6. The van der Waals surface area contributed by atoms with Gasteiger partial charge in [0, 0.05) is 44.5 Å². The zero-order chi connectivity index (χ0) is 28.3. The maximum absolute atomic E-state index is 13.5. The average molecular weight is 557 g/mol. The van der Waals surface area contributed by atoms with Crippen LogP contribution in [0, 0.1) is 17.8 Å². The Bertz CT molecular complexity index is 1320. The zero-order valence-corrected chi connectivity index (χ0v) is 24.8. The van der Waals surface area contributed by atoms with E-state index < -0.39 is 0 Å². The van der Waals surface area contributed by atoms with Gasteiger partial charge in [0.1, 0.15) is 5.75 Å². The van der Waals surface area contributed by atoms with E-state index in [0.29, 0.717) is 42.0 Å². The lowest BCUT2D eigenvalue weighted by Crippen LogP contribution is -2.44. The number of hydrazine groups is 1. The molecule has 4 fully saturated rings. The van der Waals surface area contributed by atoms with Crippen molar-refractivity contribution in [1.82, 2.24) is 15.8 Å². The highest BCUT2D eigenvalue weighted by molar-refractivity contribution is 6.10. The summed E-state index contributed by atoms with van der Waals surface area (Å²) in [5, 5.41) is 0. The smallest absolute Gasteiger partial charge is 0.237 e. The maximum Gasteiger partial charge on any atom is 0.237 e. The quantitative estimate of drug-likeness (QED) is 0.546. The second-order valence-corrected chi connectivity index (χ2v) is 13.2. The van der Waals surface area contributed by atoms with E-state index >= 15 is 0 Å². The van der Waals surface area contributed by atoms with Crippen LogP contribution in [0.5, 0.6) is 5.75 Å². The molecule has 3 heterocycles. The minimum atomic E-state index is -0.341. The second-order valence-electron chi connectivity index (χ2n) is 13.2. The Hall–Kier alpha value is -2.71. The van der Waals surface area contributed by atoms with E-state index in [2.05, 4.69) is 72.1 Å². The Balaban J connectivity index is 0.962. The Morgan fingerprint density at radius 2 is 1.85 bits per heavy atom. The van der Waals surface area contributed by atoms with Gasteiger partial charge in [0.2, 0.25) is 5.91 Å². The van der Waals surface area contributed by atoms with Gasteiger partial charge < -0.3 is 14.4 Å². The number of morpholine rings is 1. The molecule has 41 heavy (non-hydrogen) atoms. The van der Waals surface area contributed by atoms with Crippen LogP contribution < -0.4 is 20.5 Å². The van der Waals surface area contributed by atoms with Gasteiger partial charge in [-0.1, -0.05) is 36.4 Å². The molecule has 4 unspecified atom stereocenters. The predicted molar refractivity (Wildman–Crippen MR) is 162 cm³/mol. The van der Waals surface area contributed by atoms with E-state index in [-0.39, 0.29) is 11.3 Å². The highest BCUT2D eigenvalue weighted by atomic mass is 16.5. The van der Waals surface area contributed by atoms with Gasteiger partial charge in [-0.2, -0.15) is 0 Å². The van der Waals surface area contributed by atoms with Crippen molar-refractivity contribution < 1.29 is 14.3 Å². The number of ether oxygens (including phenoxy) is 2. The molecule has 2 aromatic carbocycles. The molecular formula is C34H44N4O3. The first-order valence-corrected chi connectivity index (χ1v) is 15.5. The average Bonchev–Trinajstić information content (AvgIpc) is 3.55. The molecule has 7 nitrogen and oxygen atoms in total. The van der Waals surface area contributed by atoms with Crippen molar-refractivity contribution in [2.45, 2.75) is 75.8 Å². The van der Waals surface area contributed by atoms with Crippen molar-refractivity contribution in [1.29, 1.82) is 0 Å². The standard InChI is InChI=1S/C34H44N4O3/c1-21-18-38(19-22(2)41-21)20-24-7-5-23(6-8-24)9-13-30-27-12-10-25(15-31(27)36-35-30)29-17-34(29)28-16-26(40-4)11-14-32(28)37(3)33(34)39/h5-9,11,13-14,16,21-22,25,27,29-31,35-36H,10,12,15,17-20H2,1-4H3/b13-9+/t21-,22+,25?,27?,29-,30?,31?,34-/m0/s1. The number of nitrogens with zero attached hydrogens (tertiary/aromatic N) is 2. The Kier molecular flexibility index (Phi) is 6.97. The first-order valence-electron chi connectivity index (χ1n) is 15.5. The van der Waals surface area contributed by atoms with E-state index in [1.54, 1.807) is 7.11 Å². The van der Waals surface area contributed by atoms with Gasteiger partial charge in [-0.05, 0) is 92.2 Å². The van der Waals surface area contributed by atoms with Crippen molar-refractivity contribution in [3.05, 3.63) is 65.2 Å². The number of amides is 1. The van der Waals surface area contributed by atoms with E-state index in [4.69, 9.17) is 9.47 Å². The van der Waals surface area contributed by atoms with Crippen molar-refractivity contribution >= 4 is 17.7 Å². The van der Waals surface area contributed by atoms with Crippen LogP contribution in [0.2, 0.25) is 0 Å². The van der Waals surface area contributed by atoms with Crippen LogP contribution in [-0.2, 0) is 21.5 Å². The fourth-order valence-corrected chi connectivity index (χ4v) is 8.54. The summed E-state index contributed by atoms with van der Waals surface area (Å²) in [6.45, 7) is 7.28. The number of rotatable bonds is 6. The molecule has 7 heteroatoms. The largest absolute Gasteiger partial charge is 0.497 e. The minimum Gasteiger partial charge on any atom is -0.497 e. The molecule has 1 spiro atoms. The zero-order valence-electron chi connectivity index (χ0n) is 24.8. The summed E-state index contributed by atoms with van der Waals surface area (Å²) in [5.74, 6) is 2.67. The topological polar surface area (TPSA) is 66.1 Å². The van der Waals surface area contributed by atoms with Gasteiger partial charge in [0.15, 0.2) is 0 Å². The number of anilines is 1. The fourth-order valence-electron chi connectivity index (χ4n) is 8.54. The Morgan fingerprint density at radius 3 is 2.61 bits per heavy atom. The molecule has 3 aliphatic heterocycles. The Labute approximate surface area is 244 Å². The van der Waals surface area contributed by atoms with Gasteiger partial charge in [0.05, 0.1) is 24.7 Å². The first-order chi connectivity index (χ1) is 19.9. The number of carbonyl (C=O) groups excluding carboxylic acids is 1. The number of carbonyl (C=O) groups is 1. The lowest BCUT2D eigenvalue weighted by Gasteiger charge is -2.35. The van der Waals surface area contributed by atoms with Crippen LogP contribution in [0.25, 0.3) is 6.08 Å². The van der Waals surface area contributed by atoms with Crippen molar-refractivity contribution in [3.63, 3.8) is 0 Å². The highest BCUT2D eigenvalue weighted by Crippen LogP contribution is 2.66. The van der Waals surface area contributed by atoms with Crippen molar-refractivity contribution in [2.75, 3.05) is 32.1 Å². The second kappa shape index (κ2) is 10.5. The number of benzene rings is 2. The summed E-state index contributed by atoms with van der Waals surface area (Å²) in [6, 6.07) is 15.9. The van der Waals surface area contributed by atoms with Crippen LogP contribution in [-0.4, -0.2) is 62.3 Å². The number of nitrogens with one attached hydrogen (secondary N) is 2. The molecule has 2 saturated heterocycles. The molecule has 2 aliphatic carbocycles. The number of methoxy groups -OCH3 is 1. The molecule has 5 aliphatic rings. The lowest BCUT2D eigenvalue weighted by molar-refractivity contribution is -0.120. The van der Waals surface area contributed by atoms with Gasteiger partial charge in [-0.25, -0.2) is 0 Å². The predicted octanol–water partition coefficient (Wildman–Crippen LogP) is 4.51. The van der Waals surface area contributed by atoms with Crippen LogP contribution >= 0.6 is 0 Å².